The minimum Gasteiger partial charge on any atom is -0.362 e. The van der Waals surface area contributed by atoms with E-state index in [4.69, 9.17) is 11.6 Å². The number of rotatable bonds is 1. The minimum absolute atomic E-state index is 0.160. The lowest BCUT2D eigenvalue weighted by Gasteiger charge is -2.22. The molecule has 0 amide bonds. The van der Waals surface area contributed by atoms with E-state index in [9.17, 15) is 10.2 Å². The summed E-state index contributed by atoms with van der Waals surface area (Å²) < 4.78 is 0. The first-order valence-corrected chi connectivity index (χ1v) is 5.04. The topological polar surface area (TPSA) is 40.5 Å². The molecule has 1 aliphatic rings. The van der Waals surface area contributed by atoms with E-state index >= 15 is 0 Å². The second-order valence-electron chi connectivity index (χ2n) is 3.59. The third-order valence-electron chi connectivity index (χ3n) is 2.33. The molecule has 3 heteroatoms. The maximum absolute atomic E-state index is 9.48. The van der Waals surface area contributed by atoms with Crippen molar-refractivity contribution in [1.82, 2.24) is 0 Å². The fourth-order valence-corrected chi connectivity index (χ4v) is 1.88. The molecule has 15 heavy (non-hydrogen) atoms. The quantitative estimate of drug-likeness (QED) is 0.717. The summed E-state index contributed by atoms with van der Waals surface area (Å²) >= 11 is 6.02. The van der Waals surface area contributed by atoms with Crippen molar-refractivity contribution < 1.29 is 10.2 Å². The smallest absolute Gasteiger partial charge is 0.187 e. The minimum atomic E-state index is -1.76. The SMILES string of the molecule is OC1(O)C=CC=C(c2ccccc2Cl)C1. The second kappa shape index (κ2) is 3.81. The molecule has 0 aliphatic heterocycles. The number of halogens is 1. The van der Waals surface area contributed by atoms with Crippen LogP contribution in [0, 0.1) is 0 Å². The molecule has 2 N–H and O–H groups in total. The van der Waals surface area contributed by atoms with Gasteiger partial charge in [0.15, 0.2) is 5.79 Å². The summed E-state index contributed by atoms with van der Waals surface area (Å²) in [6.45, 7) is 0. The van der Waals surface area contributed by atoms with Crippen LogP contribution < -0.4 is 0 Å². The highest BCUT2D eigenvalue weighted by Crippen LogP contribution is 2.32. The third-order valence-corrected chi connectivity index (χ3v) is 2.66. The molecular weight excluding hydrogens is 212 g/mol. The summed E-state index contributed by atoms with van der Waals surface area (Å²) in [6, 6.07) is 7.36. The molecule has 0 radical (unpaired) electrons. The Labute approximate surface area is 93.1 Å². The Morgan fingerprint density at radius 1 is 1.20 bits per heavy atom. The summed E-state index contributed by atoms with van der Waals surface area (Å²) in [5.41, 5.74) is 1.67. The van der Waals surface area contributed by atoms with Crippen LogP contribution in [0.25, 0.3) is 5.57 Å². The zero-order valence-corrected chi connectivity index (χ0v) is 8.78. The molecule has 2 nitrogen and oxygen atoms in total. The van der Waals surface area contributed by atoms with Crippen molar-refractivity contribution in [2.24, 2.45) is 0 Å². The van der Waals surface area contributed by atoms with Crippen molar-refractivity contribution in [3.63, 3.8) is 0 Å². The second-order valence-corrected chi connectivity index (χ2v) is 3.99. The molecule has 2 rings (SSSR count). The normalized spacial score (nSPS) is 18.7. The number of benzene rings is 1. The Hall–Kier alpha value is -1.09. The van der Waals surface area contributed by atoms with Crippen molar-refractivity contribution in [1.29, 1.82) is 0 Å². The molecule has 0 spiro atoms. The summed E-state index contributed by atoms with van der Waals surface area (Å²) in [4.78, 5) is 0. The van der Waals surface area contributed by atoms with Crippen LogP contribution in [-0.2, 0) is 0 Å². The molecule has 1 aromatic rings. The van der Waals surface area contributed by atoms with Gasteiger partial charge < -0.3 is 10.2 Å². The van der Waals surface area contributed by atoms with Gasteiger partial charge in [0.1, 0.15) is 0 Å². The van der Waals surface area contributed by atoms with Gasteiger partial charge in [0, 0.05) is 11.4 Å². The van der Waals surface area contributed by atoms with Crippen molar-refractivity contribution in [2.75, 3.05) is 0 Å². The standard InChI is InChI=1S/C12H11ClO2/c13-11-6-2-1-5-10(11)9-4-3-7-12(14,15)8-9/h1-7,14-15H,8H2. The Morgan fingerprint density at radius 2 is 1.93 bits per heavy atom. The van der Waals surface area contributed by atoms with Crippen LogP contribution in [-0.4, -0.2) is 16.0 Å². The average Bonchev–Trinajstić information content (AvgIpc) is 2.17. The zero-order chi connectivity index (χ0) is 10.9. The highest BCUT2D eigenvalue weighted by Gasteiger charge is 2.24. The first-order chi connectivity index (χ1) is 7.08. The van der Waals surface area contributed by atoms with Gasteiger partial charge in [0.25, 0.3) is 0 Å². The van der Waals surface area contributed by atoms with Crippen LogP contribution in [0.1, 0.15) is 12.0 Å². The summed E-state index contributed by atoms with van der Waals surface area (Å²) in [5, 5.41) is 19.6. The first kappa shape index (κ1) is 10.4. The first-order valence-electron chi connectivity index (χ1n) is 4.66. The molecular formula is C12H11ClO2. The van der Waals surface area contributed by atoms with E-state index in [0.29, 0.717) is 5.02 Å². The Kier molecular flexibility index (Phi) is 2.65. The fourth-order valence-electron chi connectivity index (χ4n) is 1.62. The molecule has 0 bridgehead atoms. The van der Waals surface area contributed by atoms with Crippen molar-refractivity contribution in [2.45, 2.75) is 12.2 Å². The van der Waals surface area contributed by atoms with Crippen LogP contribution in [0.4, 0.5) is 0 Å². The van der Waals surface area contributed by atoms with E-state index in [2.05, 4.69) is 0 Å². The van der Waals surface area contributed by atoms with Crippen LogP contribution in [0.15, 0.2) is 42.5 Å². The third kappa shape index (κ3) is 2.29. The van der Waals surface area contributed by atoms with Gasteiger partial charge in [-0.15, -0.1) is 0 Å². The van der Waals surface area contributed by atoms with Crippen LogP contribution in [0.5, 0.6) is 0 Å². The van der Waals surface area contributed by atoms with E-state index in [0.717, 1.165) is 11.1 Å². The van der Waals surface area contributed by atoms with Gasteiger partial charge in [0.05, 0.1) is 0 Å². The highest BCUT2D eigenvalue weighted by molar-refractivity contribution is 6.32. The Bertz CT molecular complexity index is 433. The lowest BCUT2D eigenvalue weighted by molar-refractivity contribution is -0.113. The van der Waals surface area contributed by atoms with Gasteiger partial charge in [-0.3, -0.25) is 0 Å². The van der Waals surface area contributed by atoms with E-state index in [1.165, 1.54) is 6.08 Å². The number of hydrogen-bond donors (Lipinski definition) is 2. The van der Waals surface area contributed by atoms with Crippen LogP contribution in [0.2, 0.25) is 5.02 Å². The highest BCUT2D eigenvalue weighted by atomic mass is 35.5. The van der Waals surface area contributed by atoms with E-state index in [-0.39, 0.29) is 6.42 Å². The molecule has 0 saturated heterocycles. The van der Waals surface area contributed by atoms with Crippen LogP contribution >= 0.6 is 11.6 Å². The molecule has 0 atom stereocenters. The molecule has 0 heterocycles. The molecule has 0 aromatic heterocycles. The van der Waals surface area contributed by atoms with Gasteiger partial charge in [-0.05, 0) is 23.3 Å². The molecule has 0 fully saturated rings. The zero-order valence-electron chi connectivity index (χ0n) is 8.02. The lowest BCUT2D eigenvalue weighted by Crippen LogP contribution is -2.26. The van der Waals surface area contributed by atoms with Gasteiger partial charge in [-0.1, -0.05) is 42.0 Å². The van der Waals surface area contributed by atoms with Crippen molar-refractivity contribution >= 4 is 17.2 Å². The monoisotopic (exact) mass is 222 g/mol. The largest absolute Gasteiger partial charge is 0.362 e. The predicted octanol–water partition coefficient (Wildman–Crippen LogP) is 2.36. The predicted molar refractivity (Wildman–Crippen MR) is 60.4 cm³/mol. The number of allylic oxidation sites excluding steroid dienone is 2. The maximum atomic E-state index is 9.48. The average molecular weight is 223 g/mol. The van der Waals surface area contributed by atoms with Gasteiger partial charge in [0.2, 0.25) is 0 Å². The molecule has 0 unspecified atom stereocenters. The fraction of sp³-hybridized carbons (Fsp3) is 0.167. The van der Waals surface area contributed by atoms with E-state index < -0.39 is 5.79 Å². The van der Waals surface area contributed by atoms with E-state index in [1.54, 1.807) is 12.1 Å². The summed E-state index contributed by atoms with van der Waals surface area (Å²) in [6.07, 6.45) is 4.98. The molecule has 78 valence electrons. The van der Waals surface area contributed by atoms with Gasteiger partial charge in [-0.2, -0.15) is 0 Å². The lowest BCUT2D eigenvalue weighted by atomic mass is 9.94. The maximum Gasteiger partial charge on any atom is 0.187 e. The Balaban J connectivity index is 2.38. The van der Waals surface area contributed by atoms with Gasteiger partial charge >= 0.3 is 0 Å². The van der Waals surface area contributed by atoms with Crippen LogP contribution in [0.3, 0.4) is 0 Å². The summed E-state index contributed by atoms with van der Waals surface area (Å²) in [7, 11) is 0. The van der Waals surface area contributed by atoms with Crippen molar-refractivity contribution in [3.05, 3.63) is 53.1 Å². The van der Waals surface area contributed by atoms with E-state index in [1.807, 2.05) is 24.3 Å². The number of hydrogen-bond acceptors (Lipinski definition) is 2. The summed E-state index contributed by atoms with van der Waals surface area (Å²) in [5.74, 6) is -1.76. The number of aliphatic hydroxyl groups is 2. The molecule has 1 aromatic carbocycles. The molecule has 1 aliphatic carbocycles. The van der Waals surface area contributed by atoms with Crippen molar-refractivity contribution in [3.8, 4) is 0 Å². The van der Waals surface area contributed by atoms with Gasteiger partial charge in [-0.25, -0.2) is 0 Å². The Morgan fingerprint density at radius 3 is 2.60 bits per heavy atom. The molecule has 0 saturated carbocycles.